The lowest BCUT2D eigenvalue weighted by atomic mass is 9.96. The lowest BCUT2D eigenvalue weighted by Gasteiger charge is -2.16. The first kappa shape index (κ1) is 13.5. The van der Waals surface area contributed by atoms with Gasteiger partial charge >= 0.3 is 11.8 Å². The molecule has 0 aromatic heterocycles. The smallest absolute Gasteiger partial charge is 0.166 e. The molecule has 21 heavy (non-hydrogen) atoms. The third-order valence-electron chi connectivity index (χ3n) is 3.29. The zero-order valence-electron chi connectivity index (χ0n) is 10.9. The van der Waals surface area contributed by atoms with Gasteiger partial charge in [-0.05, 0) is 11.1 Å². The lowest BCUT2D eigenvalue weighted by molar-refractivity contribution is -0.166. The average molecular weight is 288 g/mol. The summed E-state index contributed by atoms with van der Waals surface area (Å²) in [5.74, 6) is 0. The van der Waals surface area contributed by atoms with Crippen molar-refractivity contribution in [1.82, 2.24) is 0 Å². The van der Waals surface area contributed by atoms with E-state index in [2.05, 4.69) is 10.2 Å². The maximum absolute atomic E-state index is 13.1. The van der Waals surface area contributed by atoms with E-state index in [9.17, 15) is 13.2 Å². The fraction of sp³-hybridized carbons (Fsp3) is 0.125. The number of rotatable bonds is 3. The summed E-state index contributed by atoms with van der Waals surface area (Å²) in [5.41, 5.74) is -0.948. The Hall–Kier alpha value is -2.43. The second-order valence-corrected chi connectivity index (χ2v) is 4.70. The van der Waals surface area contributed by atoms with Gasteiger partial charge in [0.05, 0.1) is 0 Å². The van der Waals surface area contributed by atoms with Gasteiger partial charge in [-0.15, -0.1) is 10.2 Å². The first-order valence-electron chi connectivity index (χ1n) is 6.36. The lowest BCUT2D eigenvalue weighted by Crippen LogP contribution is -2.30. The molecule has 0 bridgehead atoms. The molecule has 0 spiro atoms. The summed E-state index contributed by atoms with van der Waals surface area (Å²) < 4.78 is 39.3. The zero-order chi connectivity index (χ0) is 14.9. The summed E-state index contributed by atoms with van der Waals surface area (Å²) in [6, 6.07) is 15.7. The Kier molecular flexibility index (Phi) is 3.12. The van der Waals surface area contributed by atoms with E-state index < -0.39 is 11.8 Å². The zero-order valence-corrected chi connectivity index (χ0v) is 10.9. The SMILES string of the molecule is FC(F)(F)C1(c2ccccc2C=Cc2ccccc2)N=N1. The van der Waals surface area contributed by atoms with Crippen molar-refractivity contribution in [3.63, 3.8) is 0 Å². The molecule has 1 heterocycles. The van der Waals surface area contributed by atoms with Gasteiger partial charge in [0.2, 0.25) is 0 Å². The van der Waals surface area contributed by atoms with E-state index in [0.29, 0.717) is 5.56 Å². The average Bonchev–Trinajstić information content (AvgIpc) is 3.28. The summed E-state index contributed by atoms with van der Waals surface area (Å²) in [7, 11) is 0. The fourth-order valence-electron chi connectivity index (χ4n) is 2.13. The number of alkyl halides is 3. The third kappa shape index (κ3) is 2.46. The van der Waals surface area contributed by atoms with Crippen LogP contribution in [0.1, 0.15) is 16.7 Å². The van der Waals surface area contributed by atoms with Gasteiger partial charge in [0.25, 0.3) is 0 Å². The predicted molar refractivity (Wildman–Crippen MR) is 74.4 cm³/mol. The number of benzene rings is 2. The van der Waals surface area contributed by atoms with Crippen LogP contribution >= 0.6 is 0 Å². The van der Waals surface area contributed by atoms with Gasteiger partial charge in [0.1, 0.15) is 0 Å². The molecule has 0 saturated heterocycles. The third-order valence-corrected chi connectivity index (χ3v) is 3.29. The van der Waals surface area contributed by atoms with E-state index >= 15 is 0 Å². The maximum Gasteiger partial charge on any atom is 0.442 e. The molecule has 2 nitrogen and oxygen atoms in total. The van der Waals surface area contributed by atoms with Crippen molar-refractivity contribution < 1.29 is 13.2 Å². The number of nitrogens with zero attached hydrogens (tertiary/aromatic N) is 2. The van der Waals surface area contributed by atoms with Gasteiger partial charge in [-0.25, -0.2) is 0 Å². The van der Waals surface area contributed by atoms with E-state index in [1.54, 1.807) is 30.4 Å². The Balaban J connectivity index is 1.97. The molecule has 0 radical (unpaired) electrons. The van der Waals surface area contributed by atoms with E-state index in [1.807, 2.05) is 30.3 Å². The minimum Gasteiger partial charge on any atom is -0.166 e. The molecular weight excluding hydrogens is 277 g/mol. The van der Waals surface area contributed by atoms with Crippen molar-refractivity contribution in [1.29, 1.82) is 0 Å². The van der Waals surface area contributed by atoms with Crippen molar-refractivity contribution in [3.8, 4) is 0 Å². The fourth-order valence-corrected chi connectivity index (χ4v) is 2.13. The highest BCUT2D eigenvalue weighted by atomic mass is 19.4. The molecule has 2 aromatic rings. The molecule has 0 amide bonds. The normalized spacial score (nSPS) is 16.3. The summed E-state index contributed by atoms with van der Waals surface area (Å²) in [6.07, 6.45) is -1.09. The molecule has 0 aliphatic carbocycles. The van der Waals surface area contributed by atoms with Gasteiger partial charge in [0, 0.05) is 5.56 Å². The highest BCUT2D eigenvalue weighted by molar-refractivity contribution is 5.72. The molecule has 0 N–H and O–H groups in total. The molecule has 2 aromatic carbocycles. The molecule has 3 rings (SSSR count). The molecule has 5 heteroatoms. The van der Waals surface area contributed by atoms with E-state index in [-0.39, 0.29) is 5.56 Å². The molecule has 0 atom stereocenters. The molecule has 0 unspecified atom stereocenters. The number of halogens is 3. The van der Waals surface area contributed by atoms with Gasteiger partial charge in [-0.1, -0.05) is 66.7 Å². The predicted octanol–water partition coefficient (Wildman–Crippen LogP) is 5.04. The Bertz CT molecular complexity index is 697. The first-order chi connectivity index (χ1) is 10.0. The maximum atomic E-state index is 13.1. The summed E-state index contributed by atoms with van der Waals surface area (Å²) in [6.45, 7) is 0. The quantitative estimate of drug-likeness (QED) is 0.707. The Labute approximate surface area is 119 Å². The van der Waals surface area contributed by atoms with Gasteiger partial charge in [0.15, 0.2) is 0 Å². The van der Waals surface area contributed by atoms with Crippen LogP contribution in [-0.2, 0) is 5.66 Å². The summed E-state index contributed by atoms with van der Waals surface area (Å²) in [5, 5.41) is 6.51. The first-order valence-corrected chi connectivity index (χ1v) is 6.36. The largest absolute Gasteiger partial charge is 0.442 e. The minimum atomic E-state index is -4.51. The Morgan fingerprint density at radius 2 is 1.43 bits per heavy atom. The van der Waals surface area contributed by atoms with Crippen LogP contribution in [0, 0.1) is 0 Å². The molecule has 106 valence electrons. The second kappa shape index (κ2) is 4.84. The summed E-state index contributed by atoms with van der Waals surface area (Å²) >= 11 is 0. The Morgan fingerprint density at radius 3 is 2.05 bits per heavy atom. The van der Waals surface area contributed by atoms with Crippen LogP contribution in [0.4, 0.5) is 13.2 Å². The van der Waals surface area contributed by atoms with Crippen LogP contribution in [0.3, 0.4) is 0 Å². The number of hydrogen-bond acceptors (Lipinski definition) is 2. The summed E-state index contributed by atoms with van der Waals surface area (Å²) in [4.78, 5) is 0. The van der Waals surface area contributed by atoms with Gasteiger partial charge in [-0.2, -0.15) is 13.2 Å². The number of hydrogen-bond donors (Lipinski definition) is 0. The van der Waals surface area contributed by atoms with Crippen LogP contribution in [-0.4, -0.2) is 6.18 Å². The topological polar surface area (TPSA) is 24.7 Å². The van der Waals surface area contributed by atoms with Crippen LogP contribution in [0.2, 0.25) is 0 Å². The highest BCUT2D eigenvalue weighted by Crippen LogP contribution is 2.53. The van der Waals surface area contributed by atoms with Crippen molar-refractivity contribution in [2.75, 3.05) is 0 Å². The molecular formula is C16H11F3N2. The van der Waals surface area contributed by atoms with Gasteiger partial charge in [-0.3, -0.25) is 0 Å². The standard InChI is InChI=1S/C16H11F3N2/c17-16(18,19)15(20-21-15)14-9-5-4-8-13(14)11-10-12-6-2-1-3-7-12/h1-11H. The molecule has 1 aliphatic rings. The second-order valence-electron chi connectivity index (χ2n) is 4.70. The molecule has 0 saturated carbocycles. The highest BCUT2D eigenvalue weighted by Gasteiger charge is 2.65. The minimum absolute atomic E-state index is 0.0599. The Morgan fingerprint density at radius 1 is 0.810 bits per heavy atom. The van der Waals surface area contributed by atoms with Crippen molar-refractivity contribution in [2.24, 2.45) is 10.2 Å². The van der Waals surface area contributed by atoms with Crippen LogP contribution in [0.25, 0.3) is 12.2 Å². The molecule has 1 aliphatic heterocycles. The van der Waals surface area contributed by atoms with E-state index in [0.717, 1.165) is 5.56 Å². The van der Waals surface area contributed by atoms with Gasteiger partial charge < -0.3 is 0 Å². The molecule has 0 fully saturated rings. The van der Waals surface area contributed by atoms with Crippen LogP contribution in [0.15, 0.2) is 64.8 Å². The van der Waals surface area contributed by atoms with Crippen LogP contribution in [0.5, 0.6) is 0 Å². The van der Waals surface area contributed by atoms with Crippen molar-refractivity contribution >= 4 is 12.2 Å². The van der Waals surface area contributed by atoms with E-state index in [4.69, 9.17) is 0 Å². The van der Waals surface area contributed by atoms with E-state index in [1.165, 1.54) is 6.07 Å². The van der Waals surface area contributed by atoms with Crippen molar-refractivity contribution in [3.05, 3.63) is 71.3 Å². The monoisotopic (exact) mass is 288 g/mol. The van der Waals surface area contributed by atoms with Crippen molar-refractivity contribution in [2.45, 2.75) is 11.8 Å². The van der Waals surface area contributed by atoms with Crippen LogP contribution < -0.4 is 0 Å².